The Morgan fingerprint density at radius 2 is 2.00 bits per heavy atom. The van der Waals surface area contributed by atoms with Crippen LogP contribution in [0, 0.1) is 0 Å². The van der Waals surface area contributed by atoms with Crippen LogP contribution in [0.3, 0.4) is 0 Å². The SMILES string of the molecule is COc1ccc(/C=N\n2c(Cc3ccccc3)nnc2SC)cc1Br. The van der Waals surface area contributed by atoms with Crippen molar-refractivity contribution in [1.82, 2.24) is 14.9 Å². The fourth-order valence-corrected chi connectivity index (χ4v) is 3.32. The zero-order chi connectivity index (χ0) is 17.6. The van der Waals surface area contributed by atoms with Gasteiger partial charge in [0.1, 0.15) is 5.75 Å². The van der Waals surface area contributed by atoms with Crippen molar-refractivity contribution in [3.63, 3.8) is 0 Å². The Morgan fingerprint density at radius 3 is 2.68 bits per heavy atom. The molecule has 5 nitrogen and oxygen atoms in total. The second kappa shape index (κ2) is 8.31. The maximum absolute atomic E-state index is 5.25. The lowest BCUT2D eigenvalue weighted by Crippen LogP contribution is -2.01. The van der Waals surface area contributed by atoms with E-state index in [1.165, 1.54) is 17.3 Å². The van der Waals surface area contributed by atoms with Gasteiger partial charge < -0.3 is 4.74 Å². The van der Waals surface area contributed by atoms with E-state index in [4.69, 9.17) is 4.74 Å². The molecule has 3 rings (SSSR count). The topological polar surface area (TPSA) is 52.3 Å². The molecule has 0 saturated heterocycles. The minimum Gasteiger partial charge on any atom is -0.496 e. The molecule has 0 aliphatic rings. The molecule has 0 N–H and O–H groups in total. The van der Waals surface area contributed by atoms with Gasteiger partial charge in [-0.25, -0.2) is 0 Å². The molecule has 128 valence electrons. The number of ether oxygens (including phenoxy) is 1. The van der Waals surface area contributed by atoms with Crippen LogP contribution in [0.5, 0.6) is 5.75 Å². The number of hydrogen-bond acceptors (Lipinski definition) is 5. The molecule has 0 spiro atoms. The number of methoxy groups -OCH3 is 1. The second-order valence-corrected chi connectivity index (χ2v) is 6.84. The van der Waals surface area contributed by atoms with Gasteiger partial charge in [-0.15, -0.1) is 10.2 Å². The van der Waals surface area contributed by atoms with Crippen molar-refractivity contribution in [3.05, 3.63) is 70.0 Å². The van der Waals surface area contributed by atoms with Crippen LogP contribution < -0.4 is 4.74 Å². The maximum Gasteiger partial charge on any atom is 0.211 e. The Balaban J connectivity index is 1.88. The first-order valence-corrected chi connectivity index (χ1v) is 9.63. The van der Waals surface area contributed by atoms with E-state index in [9.17, 15) is 0 Å². The van der Waals surface area contributed by atoms with E-state index >= 15 is 0 Å². The Bertz CT molecular complexity index is 880. The monoisotopic (exact) mass is 416 g/mol. The molecule has 0 amide bonds. The van der Waals surface area contributed by atoms with Crippen LogP contribution in [0.4, 0.5) is 0 Å². The van der Waals surface area contributed by atoms with Crippen LogP contribution in [0.15, 0.2) is 63.3 Å². The lowest BCUT2D eigenvalue weighted by molar-refractivity contribution is 0.412. The summed E-state index contributed by atoms with van der Waals surface area (Å²) in [5, 5.41) is 13.9. The molecule has 0 radical (unpaired) electrons. The van der Waals surface area contributed by atoms with Crippen molar-refractivity contribution in [2.45, 2.75) is 11.6 Å². The van der Waals surface area contributed by atoms with Crippen LogP contribution in [-0.2, 0) is 6.42 Å². The first kappa shape index (κ1) is 17.7. The summed E-state index contributed by atoms with van der Waals surface area (Å²) in [6.45, 7) is 0. The van der Waals surface area contributed by atoms with E-state index in [1.54, 1.807) is 18.0 Å². The smallest absolute Gasteiger partial charge is 0.211 e. The number of benzene rings is 2. The van der Waals surface area contributed by atoms with E-state index in [0.29, 0.717) is 6.42 Å². The van der Waals surface area contributed by atoms with Gasteiger partial charge in [-0.1, -0.05) is 42.1 Å². The molecule has 7 heteroatoms. The van der Waals surface area contributed by atoms with E-state index in [2.05, 4.69) is 43.4 Å². The normalized spacial score (nSPS) is 11.2. The van der Waals surface area contributed by atoms with Crippen molar-refractivity contribution in [3.8, 4) is 5.75 Å². The third kappa shape index (κ3) is 4.29. The first-order chi connectivity index (χ1) is 12.2. The van der Waals surface area contributed by atoms with E-state index < -0.39 is 0 Å². The molecule has 0 aliphatic carbocycles. The summed E-state index contributed by atoms with van der Waals surface area (Å²) in [4.78, 5) is 0. The molecular weight excluding hydrogens is 400 g/mol. The minimum absolute atomic E-state index is 0.679. The highest BCUT2D eigenvalue weighted by Gasteiger charge is 2.11. The Hall–Kier alpha value is -2.12. The molecule has 0 fully saturated rings. The minimum atomic E-state index is 0.679. The highest BCUT2D eigenvalue weighted by molar-refractivity contribution is 9.10. The summed E-state index contributed by atoms with van der Waals surface area (Å²) in [6, 6.07) is 16.0. The number of thioether (sulfide) groups is 1. The second-order valence-electron chi connectivity index (χ2n) is 5.22. The van der Waals surface area contributed by atoms with Gasteiger partial charge in [0.25, 0.3) is 0 Å². The lowest BCUT2D eigenvalue weighted by atomic mass is 10.1. The molecule has 1 heterocycles. The number of rotatable bonds is 6. The van der Waals surface area contributed by atoms with Crippen LogP contribution in [-0.4, -0.2) is 34.5 Å². The summed E-state index contributed by atoms with van der Waals surface area (Å²) in [7, 11) is 1.64. The summed E-state index contributed by atoms with van der Waals surface area (Å²) in [6.07, 6.45) is 4.44. The highest BCUT2D eigenvalue weighted by Crippen LogP contribution is 2.25. The lowest BCUT2D eigenvalue weighted by Gasteiger charge is -2.05. The standard InChI is InChI=1S/C18H17BrN4OS/c1-24-16-9-8-14(10-15(16)19)12-20-23-17(21-22-18(23)25-2)11-13-6-4-3-5-7-13/h3-10,12H,11H2,1-2H3/b20-12-. The van der Waals surface area contributed by atoms with Crippen molar-refractivity contribution in [2.24, 2.45) is 5.10 Å². The average Bonchev–Trinajstić information content (AvgIpc) is 3.02. The number of nitrogens with zero attached hydrogens (tertiary/aromatic N) is 4. The molecule has 3 aromatic rings. The molecule has 0 aliphatic heterocycles. The zero-order valence-electron chi connectivity index (χ0n) is 13.9. The predicted molar refractivity (Wildman–Crippen MR) is 105 cm³/mol. The highest BCUT2D eigenvalue weighted by atomic mass is 79.9. The molecule has 0 atom stereocenters. The largest absolute Gasteiger partial charge is 0.496 e. The number of halogens is 1. The number of aromatic nitrogens is 3. The van der Waals surface area contributed by atoms with Gasteiger partial charge in [0.15, 0.2) is 5.82 Å². The quantitative estimate of drug-likeness (QED) is 0.445. The van der Waals surface area contributed by atoms with Crippen molar-refractivity contribution in [1.29, 1.82) is 0 Å². The van der Waals surface area contributed by atoms with Crippen LogP contribution in [0.2, 0.25) is 0 Å². The maximum atomic E-state index is 5.25. The van der Waals surface area contributed by atoms with Gasteiger partial charge in [-0.2, -0.15) is 9.78 Å². The third-order valence-electron chi connectivity index (χ3n) is 3.56. The van der Waals surface area contributed by atoms with Crippen molar-refractivity contribution >= 4 is 33.9 Å². The molecule has 25 heavy (non-hydrogen) atoms. The first-order valence-electron chi connectivity index (χ1n) is 7.61. The fourth-order valence-electron chi connectivity index (χ4n) is 2.31. The predicted octanol–water partition coefficient (Wildman–Crippen LogP) is 4.24. The summed E-state index contributed by atoms with van der Waals surface area (Å²) < 4.78 is 7.93. The van der Waals surface area contributed by atoms with Gasteiger partial charge in [0.2, 0.25) is 5.16 Å². The van der Waals surface area contributed by atoms with E-state index in [-0.39, 0.29) is 0 Å². The Labute approximate surface area is 159 Å². The van der Waals surface area contributed by atoms with Crippen LogP contribution in [0.1, 0.15) is 17.0 Å². The molecule has 1 aromatic heterocycles. The van der Waals surface area contributed by atoms with Crippen molar-refractivity contribution < 1.29 is 4.74 Å². The molecule has 2 aromatic carbocycles. The average molecular weight is 417 g/mol. The van der Waals surface area contributed by atoms with Crippen LogP contribution in [0.25, 0.3) is 0 Å². The summed E-state index contributed by atoms with van der Waals surface area (Å²) in [5.74, 6) is 1.59. The van der Waals surface area contributed by atoms with Gasteiger partial charge >= 0.3 is 0 Å². The van der Waals surface area contributed by atoms with Gasteiger partial charge in [0, 0.05) is 6.42 Å². The van der Waals surface area contributed by atoms with Crippen molar-refractivity contribution in [2.75, 3.05) is 13.4 Å². The molecule has 0 bridgehead atoms. The molecular formula is C18H17BrN4OS. The number of hydrogen-bond donors (Lipinski definition) is 0. The van der Waals surface area contributed by atoms with Gasteiger partial charge in [-0.05, 0) is 51.5 Å². The molecule has 0 unspecified atom stereocenters. The summed E-state index contributed by atoms with van der Waals surface area (Å²) in [5.41, 5.74) is 2.13. The summed E-state index contributed by atoms with van der Waals surface area (Å²) >= 11 is 5.01. The third-order valence-corrected chi connectivity index (χ3v) is 4.80. The van der Waals surface area contributed by atoms with Gasteiger partial charge in [-0.3, -0.25) is 0 Å². The van der Waals surface area contributed by atoms with Crippen LogP contribution >= 0.6 is 27.7 Å². The van der Waals surface area contributed by atoms with E-state index in [0.717, 1.165) is 26.8 Å². The zero-order valence-corrected chi connectivity index (χ0v) is 16.3. The van der Waals surface area contributed by atoms with E-state index in [1.807, 2.05) is 42.7 Å². The molecule has 0 saturated carbocycles. The van der Waals surface area contributed by atoms with Gasteiger partial charge in [0.05, 0.1) is 17.8 Å². The Morgan fingerprint density at radius 1 is 1.20 bits per heavy atom. The fraction of sp³-hybridized carbons (Fsp3) is 0.167. The Kier molecular flexibility index (Phi) is 5.88.